The number of nitrogens with zero attached hydrogens (tertiary/aromatic N) is 3. The van der Waals surface area contributed by atoms with Gasteiger partial charge in [-0.15, -0.1) is 0 Å². The van der Waals surface area contributed by atoms with Crippen LogP contribution < -0.4 is 10.2 Å². The van der Waals surface area contributed by atoms with Crippen molar-refractivity contribution < 1.29 is 22.5 Å². The summed E-state index contributed by atoms with van der Waals surface area (Å²) in [5.74, 6) is -1.40. The van der Waals surface area contributed by atoms with Crippen molar-refractivity contribution in [2.45, 2.75) is 38.3 Å². The van der Waals surface area contributed by atoms with Crippen LogP contribution in [0, 0.1) is 0 Å². The largest absolute Gasteiger partial charge is 0.471 e. The van der Waals surface area contributed by atoms with Gasteiger partial charge in [-0.2, -0.15) is 18.2 Å². The van der Waals surface area contributed by atoms with E-state index in [1.165, 1.54) is 0 Å². The number of para-hydroxylation sites is 2. The molecule has 142 valence electrons. The number of halogens is 3. The number of aromatic nitrogens is 2. The van der Waals surface area contributed by atoms with Gasteiger partial charge in [-0.05, 0) is 25.0 Å². The molecule has 0 aliphatic carbocycles. The van der Waals surface area contributed by atoms with Gasteiger partial charge in [0.2, 0.25) is 5.91 Å². The lowest BCUT2D eigenvalue weighted by molar-refractivity contribution is -0.159. The molecule has 1 heterocycles. The standard InChI is InChI=1S/C17H21F3N4O2/c1-24(2)13-9-7-6-8-12(13)21-15(25)11-5-3-4-10-14-22-16(26-23-14)17(18,19)20/h6-9H,3-5,10-11H2,1-2H3,(H,21,25). The predicted octanol–water partition coefficient (Wildman–Crippen LogP) is 3.90. The number of hydrogen-bond acceptors (Lipinski definition) is 5. The maximum Gasteiger partial charge on any atom is 0.471 e. The fourth-order valence-electron chi connectivity index (χ4n) is 2.40. The Morgan fingerprint density at radius 3 is 2.58 bits per heavy atom. The average Bonchev–Trinajstić information content (AvgIpc) is 3.04. The number of anilines is 2. The van der Waals surface area contributed by atoms with Gasteiger partial charge in [-0.3, -0.25) is 4.79 Å². The fraction of sp³-hybridized carbons (Fsp3) is 0.471. The normalized spacial score (nSPS) is 11.4. The molecule has 9 heteroatoms. The number of alkyl halides is 3. The van der Waals surface area contributed by atoms with Gasteiger partial charge in [0, 0.05) is 26.9 Å². The first kappa shape index (κ1) is 19.7. The second kappa shape index (κ2) is 8.68. The summed E-state index contributed by atoms with van der Waals surface area (Å²) in [6.45, 7) is 0. The van der Waals surface area contributed by atoms with Crippen LogP contribution in [0.15, 0.2) is 28.8 Å². The molecule has 2 rings (SSSR count). The van der Waals surface area contributed by atoms with Gasteiger partial charge in [0.25, 0.3) is 0 Å². The van der Waals surface area contributed by atoms with Gasteiger partial charge in [0.05, 0.1) is 11.4 Å². The van der Waals surface area contributed by atoms with E-state index >= 15 is 0 Å². The van der Waals surface area contributed by atoms with E-state index in [-0.39, 0.29) is 18.2 Å². The van der Waals surface area contributed by atoms with E-state index < -0.39 is 12.1 Å². The average molecular weight is 370 g/mol. The van der Waals surface area contributed by atoms with E-state index in [1.807, 2.05) is 43.3 Å². The molecule has 0 aliphatic rings. The first-order valence-corrected chi connectivity index (χ1v) is 8.23. The number of nitrogens with one attached hydrogen (secondary N) is 1. The number of aryl methyl sites for hydroxylation is 1. The number of rotatable bonds is 8. The van der Waals surface area contributed by atoms with E-state index in [1.54, 1.807) is 0 Å². The highest BCUT2D eigenvalue weighted by molar-refractivity contribution is 5.94. The fourth-order valence-corrected chi connectivity index (χ4v) is 2.40. The smallest absolute Gasteiger partial charge is 0.376 e. The number of carbonyl (C=O) groups is 1. The van der Waals surface area contributed by atoms with Crippen molar-refractivity contribution in [2.24, 2.45) is 0 Å². The summed E-state index contributed by atoms with van der Waals surface area (Å²) in [5, 5.41) is 6.18. The molecule has 1 N–H and O–H groups in total. The van der Waals surface area contributed by atoms with E-state index in [2.05, 4.69) is 20.0 Å². The molecule has 2 aromatic rings. The SMILES string of the molecule is CN(C)c1ccccc1NC(=O)CCCCCc1noc(C(F)(F)F)n1. The Kier molecular flexibility index (Phi) is 6.59. The summed E-state index contributed by atoms with van der Waals surface area (Å²) in [4.78, 5) is 17.3. The van der Waals surface area contributed by atoms with Crippen molar-refractivity contribution in [3.63, 3.8) is 0 Å². The molecule has 0 atom stereocenters. The summed E-state index contributed by atoms with van der Waals surface area (Å²) >= 11 is 0. The van der Waals surface area contributed by atoms with Crippen LogP contribution in [0.5, 0.6) is 0 Å². The number of hydrogen-bond donors (Lipinski definition) is 1. The van der Waals surface area contributed by atoms with Gasteiger partial charge >= 0.3 is 12.1 Å². The van der Waals surface area contributed by atoms with Crippen molar-refractivity contribution in [3.05, 3.63) is 36.0 Å². The lowest BCUT2D eigenvalue weighted by Crippen LogP contribution is -2.16. The topological polar surface area (TPSA) is 71.3 Å². The van der Waals surface area contributed by atoms with Gasteiger partial charge < -0.3 is 14.7 Å². The molecule has 0 radical (unpaired) electrons. The Hall–Kier alpha value is -2.58. The summed E-state index contributed by atoms with van der Waals surface area (Å²) in [6, 6.07) is 7.49. The number of benzene rings is 1. The van der Waals surface area contributed by atoms with Crippen molar-refractivity contribution in [1.29, 1.82) is 0 Å². The van der Waals surface area contributed by atoms with E-state index in [0.717, 1.165) is 11.4 Å². The summed E-state index contributed by atoms with van der Waals surface area (Å²) < 4.78 is 41.2. The van der Waals surface area contributed by atoms with Gasteiger partial charge in [0.15, 0.2) is 5.82 Å². The lowest BCUT2D eigenvalue weighted by atomic mass is 10.1. The highest BCUT2D eigenvalue weighted by Gasteiger charge is 2.38. The van der Waals surface area contributed by atoms with E-state index in [4.69, 9.17) is 0 Å². The first-order valence-electron chi connectivity index (χ1n) is 8.23. The van der Waals surface area contributed by atoms with Crippen LogP contribution in [-0.2, 0) is 17.4 Å². The van der Waals surface area contributed by atoms with Gasteiger partial charge in [-0.1, -0.05) is 23.7 Å². The zero-order valence-corrected chi connectivity index (χ0v) is 14.6. The molecule has 1 aromatic carbocycles. The number of unbranched alkanes of at least 4 members (excludes halogenated alkanes) is 2. The third kappa shape index (κ3) is 5.75. The van der Waals surface area contributed by atoms with Crippen molar-refractivity contribution >= 4 is 17.3 Å². The van der Waals surface area contributed by atoms with Crippen LogP contribution in [0.1, 0.15) is 37.4 Å². The Morgan fingerprint density at radius 2 is 1.92 bits per heavy atom. The molecule has 0 saturated carbocycles. The molecule has 0 spiro atoms. The third-order valence-electron chi connectivity index (χ3n) is 3.67. The van der Waals surface area contributed by atoms with Crippen molar-refractivity contribution in [3.8, 4) is 0 Å². The summed E-state index contributed by atoms with van der Waals surface area (Å²) in [5.41, 5.74) is 1.66. The zero-order valence-electron chi connectivity index (χ0n) is 14.6. The highest BCUT2D eigenvalue weighted by atomic mass is 19.4. The first-order chi connectivity index (χ1) is 12.3. The third-order valence-corrected chi connectivity index (χ3v) is 3.67. The second-order valence-electron chi connectivity index (χ2n) is 6.03. The molecule has 1 aromatic heterocycles. The molecule has 6 nitrogen and oxygen atoms in total. The molecule has 0 aliphatic heterocycles. The van der Waals surface area contributed by atoms with Crippen LogP contribution in [0.3, 0.4) is 0 Å². The van der Waals surface area contributed by atoms with E-state index in [9.17, 15) is 18.0 Å². The molecule has 1 amide bonds. The minimum absolute atomic E-state index is 0.0293. The summed E-state index contributed by atoms with van der Waals surface area (Å²) in [7, 11) is 3.79. The lowest BCUT2D eigenvalue weighted by Gasteiger charge is -2.17. The second-order valence-corrected chi connectivity index (χ2v) is 6.03. The minimum Gasteiger partial charge on any atom is -0.376 e. The van der Waals surface area contributed by atoms with Crippen LogP contribution in [0.25, 0.3) is 0 Å². The molecule has 26 heavy (non-hydrogen) atoms. The van der Waals surface area contributed by atoms with Gasteiger partial charge in [-0.25, -0.2) is 0 Å². The Bertz CT molecular complexity index is 729. The van der Waals surface area contributed by atoms with Crippen LogP contribution >= 0.6 is 0 Å². The minimum atomic E-state index is -4.62. The zero-order chi connectivity index (χ0) is 19.2. The van der Waals surface area contributed by atoms with Crippen molar-refractivity contribution in [2.75, 3.05) is 24.3 Å². The highest BCUT2D eigenvalue weighted by Crippen LogP contribution is 2.27. The quantitative estimate of drug-likeness (QED) is 0.714. The Morgan fingerprint density at radius 1 is 1.19 bits per heavy atom. The number of amides is 1. The molecule has 0 fully saturated rings. The van der Waals surface area contributed by atoms with E-state index in [0.29, 0.717) is 25.7 Å². The van der Waals surface area contributed by atoms with Crippen molar-refractivity contribution in [1.82, 2.24) is 10.1 Å². The maximum atomic E-state index is 12.3. The Balaban J connectivity index is 1.70. The molecular formula is C17H21F3N4O2. The maximum absolute atomic E-state index is 12.3. The predicted molar refractivity (Wildman–Crippen MR) is 90.9 cm³/mol. The van der Waals surface area contributed by atoms with Gasteiger partial charge in [0.1, 0.15) is 0 Å². The van der Waals surface area contributed by atoms with Crippen LogP contribution in [0.2, 0.25) is 0 Å². The Labute approximate surface area is 149 Å². The number of carbonyl (C=O) groups excluding carboxylic acids is 1. The van der Waals surface area contributed by atoms with Crippen LogP contribution in [0.4, 0.5) is 24.5 Å². The molecule has 0 unspecified atom stereocenters. The molecule has 0 bridgehead atoms. The molecule has 0 saturated heterocycles. The summed E-state index contributed by atoms with van der Waals surface area (Å²) in [6.07, 6.45) is -2.12. The molecular weight excluding hydrogens is 349 g/mol. The van der Waals surface area contributed by atoms with Crippen LogP contribution in [-0.4, -0.2) is 30.1 Å². The monoisotopic (exact) mass is 370 g/mol.